The molecule has 3 N–H and O–H groups in total. The second-order valence-corrected chi connectivity index (χ2v) is 10.9. The Morgan fingerprint density at radius 3 is 2.80 bits per heavy atom. The van der Waals surface area contributed by atoms with Crippen molar-refractivity contribution in [3.63, 3.8) is 0 Å². The monoisotopic (exact) mass is 562 g/mol. The van der Waals surface area contributed by atoms with E-state index in [4.69, 9.17) is 4.74 Å². The highest BCUT2D eigenvalue weighted by atomic mass is 16.5. The maximum Gasteiger partial charge on any atom is 0.264 e. The number of nitrogens with zero attached hydrogens (tertiary/aromatic N) is 3. The molecule has 2 saturated heterocycles. The van der Waals surface area contributed by atoms with Crippen LogP contribution in [0.3, 0.4) is 0 Å². The molecule has 0 unspecified atom stereocenters. The zero-order valence-corrected chi connectivity index (χ0v) is 23.6. The Morgan fingerprint density at radius 2 is 2.05 bits per heavy atom. The van der Waals surface area contributed by atoms with Crippen molar-refractivity contribution in [1.82, 2.24) is 10.2 Å². The second-order valence-electron chi connectivity index (χ2n) is 10.9. The molecule has 3 atom stereocenters. The SMILES string of the molecule is COc1ccc2c(c1)[C@](O)([C@@H](C)/C=C/CC(=O)N1CCC[C@H]1CO)C(=O)N2Cc1cccc(N2CCNCC2=O)c1. The zero-order valence-electron chi connectivity index (χ0n) is 23.6. The van der Waals surface area contributed by atoms with Crippen LogP contribution in [-0.2, 0) is 26.5 Å². The number of carbonyl (C=O) groups excluding carboxylic acids is 3. The third-order valence-electron chi connectivity index (χ3n) is 8.41. The van der Waals surface area contributed by atoms with Gasteiger partial charge in [0, 0.05) is 43.2 Å². The number of methoxy groups -OCH3 is 1. The van der Waals surface area contributed by atoms with Gasteiger partial charge in [0.25, 0.3) is 5.91 Å². The smallest absolute Gasteiger partial charge is 0.264 e. The van der Waals surface area contributed by atoms with Gasteiger partial charge >= 0.3 is 0 Å². The number of ether oxygens (including phenoxy) is 1. The summed E-state index contributed by atoms with van der Waals surface area (Å²) in [7, 11) is 1.53. The number of anilines is 2. The number of likely N-dealkylation sites (tertiary alicyclic amines) is 1. The molecule has 0 aromatic heterocycles. The quantitative estimate of drug-likeness (QED) is 0.399. The largest absolute Gasteiger partial charge is 0.497 e. The van der Waals surface area contributed by atoms with Gasteiger partial charge in [-0.05, 0) is 48.7 Å². The van der Waals surface area contributed by atoms with Crippen LogP contribution >= 0.6 is 0 Å². The molecule has 0 spiro atoms. The molecule has 2 aromatic rings. The van der Waals surface area contributed by atoms with E-state index in [0.717, 1.165) is 24.1 Å². The molecular weight excluding hydrogens is 524 g/mol. The van der Waals surface area contributed by atoms with Gasteiger partial charge in [-0.3, -0.25) is 14.4 Å². The Hall–Kier alpha value is -3.73. The molecule has 0 saturated carbocycles. The van der Waals surface area contributed by atoms with Crippen LogP contribution in [0.2, 0.25) is 0 Å². The lowest BCUT2D eigenvalue weighted by molar-refractivity contribution is -0.139. The van der Waals surface area contributed by atoms with Crippen LogP contribution in [0.4, 0.5) is 11.4 Å². The average molecular weight is 563 g/mol. The molecule has 3 heterocycles. The standard InChI is InChI=1S/C31H38N4O6/c1-21(6-3-10-28(37)33-14-5-9-24(33)20-36)31(40)26-17-25(41-2)11-12-27(26)35(30(31)39)19-22-7-4-8-23(16-22)34-15-13-32-18-29(34)38/h3-4,6-8,11-12,16-17,21,24,32,36,40H,5,9-10,13-15,18-20H2,1-2H3/b6-3+/t21-,24-,31+/m0/s1. The number of fused-ring (bicyclic) bond motifs is 1. The molecule has 10 heteroatoms. The fourth-order valence-electron chi connectivity index (χ4n) is 6.08. The molecule has 3 aliphatic heterocycles. The molecule has 2 aromatic carbocycles. The summed E-state index contributed by atoms with van der Waals surface area (Å²) < 4.78 is 5.41. The molecule has 218 valence electrons. The fourth-order valence-corrected chi connectivity index (χ4v) is 6.08. The molecule has 3 amide bonds. The second kappa shape index (κ2) is 12.0. The van der Waals surface area contributed by atoms with Gasteiger partial charge in [-0.1, -0.05) is 31.2 Å². The number of piperazine rings is 1. The molecule has 2 fully saturated rings. The Bertz CT molecular complexity index is 1350. The fraction of sp³-hybridized carbons (Fsp3) is 0.452. The zero-order chi connectivity index (χ0) is 29.1. The van der Waals surface area contributed by atoms with Crippen molar-refractivity contribution >= 4 is 29.1 Å². The summed E-state index contributed by atoms with van der Waals surface area (Å²) in [5.41, 5.74) is 0.760. The topological polar surface area (TPSA) is 123 Å². The van der Waals surface area contributed by atoms with Gasteiger partial charge in [-0.25, -0.2) is 0 Å². The number of hydrogen-bond donors (Lipinski definition) is 3. The third-order valence-corrected chi connectivity index (χ3v) is 8.41. The first-order valence-corrected chi connectivity index (χ1v) is 14.2. The lowest BCUT2D eigenvalue weighted by Gasteiger charge is -2.29. The number of carbonyl (C=O) groups is 3. The predicted molar refractivity (Wildman–Crippen MR) is 154 cm³/mol. The van der Waals surface area contributed by atoms with Crippen LogP contribution in [0.5, 0.6) is 5.75 Å². The normalized spacial score (nSPS) is 23.4. The Kier molecular flexibility index (Phi) is 8.44. The first kappa shape index (κ1) is 28.8. The lowest BCUT2D eigenvalue weighted by atomic mass is 9.83. The third kappa shape index (κ3) is 5.47. The van der Waals surface area contributed by atoms with Gasteiger partial charge in [0.05, 0.1) is 38.5 Å². The van der Waals surface area contributed by atoms with Gasteiger partial charge in [0.1, 0.15) is 5.75 Å². The molecule has 0 aliphatic carbocycles. The minimum atomic E-state index is -1.86. The van der Waals surface area contributed by atoms with Crippen LogP contribution in [-0.4, -0.2) is 78.8 Å². The van der Waals surface area contributed by atoms with E-state index in [1.54, 1.807) is 52.0 Å². The van der Waals surface area contributed by atoms with Crippen LogP contribution in [0.1, 0.15) is 37.3 Å². The summed E-state index contributed by atoms with van der Waals surface area (Å²) in [5, 5.41) is 24.6. The van der Waals surface area contributed by atoms with E-state index in [0.29, 0.717) is 36.6 Å². The number of amides is 3. The number of aliphatic hydroxyl groups excluding tert-OH is 1. The van der Waals surface area contributed by atoms with Crippen molar-refractivity contribution in [3.05, 3.63) is 65.7 Å². The Labute approximate surface area is 240 Å². The van der Waals surface area contributed by atoms with Crippen molar-refractivity contribution < 1.29 is 29.3 Å². The van der Waals surface area contributed by atoms with Gasteiger partial charge in [0.15, 0.2) is 5.60 Å². The van der Waals surface area contributed by atoms with E-state index in [1.807, 2.05) is 24.3 Å². The first-order chi connectivity index (χ1) is 19.8. The van der Waals surface area contributed by atoms with E-state index in [-0.39, 0.29) is 44.0 Å². The highest BCUT2D eigenvalue weighted by Crippen LogP contribution is 2.47. The summed E-state index contributed by atoms with van der Waals surface area (Å²) in [5.74, 6) is -0.676. The van der Waals surface area contributed by atoms with Crippen LogP contribution in [0, 0.1) is 5.92 Å². The first-order valence-electron chi connectivity index (χ1n) is 14.2. The Morgan fingerprint density at radius 1 is 1.22 bits per heavy atom. The van der Waals surface area contributed by atoms with Crippen molar-refractivity contribution in [3.8, 4) is 5.75 Å². The molecule has 0 radical (unpaired) electrons. The Balaban J connectivity index is 1.38. The minimum Gasteiger partial charge on any atom is -0.497 e. The van der Waals surface area contributed by atoms with Gasteiger partial charge < -0.3 is 35.0 Å². The van der Waals surface area contributed by atoms with E-state index in [9.17, 15) is 24.6 Å². The molecular formula is C31H38N4O6. The number of nitrogens with one attached hydrogen (secondary N) is 1. The number of benzene rings is 2. The summed E-state index contributed by atoms with van der Waals surface area (Å²) in [6.45, 7) is 4.10. The van der Waals surface area contributed by atoms with Crippen LogP contribution in [0.25, 0.3) is 0 Å². The average Bonchev–Trinajstić information content (AvgIpc) is 3.55. The molecule has 5 rings (SSSR count). The van der Waals surface area contributed by atoms with Crippen LogP contribution in [0.15, 0.2) is 54.6 Å². The number of aliphatic hydroxyl groups is 2. The maximum atomic E-state index is 14.0. The van der Waals surface area contributed by atoms with Crippen molar-refractivity contribution in [1.29, 1.82) is 0 Å². The molecule has 3 aliphatic rings. The minimum absolute atomic E-state index is 0.00632. The molecule has 10 nitrogen and oxygen atoms in total. The maximum absolute atomic E-state index is 14.0. The van der Waals surface area contributed by atoms with Crippen molar-refractivity contribution in [2.75, 3.05) is 49.7 Å². The number of rotatable bonds is 9. The molecule has 41 heavy (non-hydrogen) atoms. The van der Waals surface area contributed by atoms with E-state index >= 15 is 0 Å². The van der Waals surface area contributed by atoms with E-state index in [1.165, 1.54) is 7.11 Å². The predicted octanol–water partition coefficient (Wildman–Crippen LogP) is 1.93. The van der Waals surface area contributed by atoms with E-state index in [2.05, 4.69) is 5.32 Å². The highest BCUT2D eigenvalue weighted by Gasteiger charge is 2.52. The highest BCUT2D eigenvalue weighted by molar-refractivity contribution is 6.07. The van der Waals surface area contributed by atoms with Crippen molar-refractivity contribution in [2.45, 2.75) is 44.4 Å². The lowest BCUT2D eigenvalue weighted by Crippen LogP contribution is -2.48. The van der Waals surface area contributed by atoms with Crippen LogP contribution < -0.4 is 19.9 Å². The summed E-state index contributed by atoms with van der Waals surface area (Å²) >= 11 is 0. The summed E-state index contributed by atoms with van der Waals surface area (Å²) in [6, 6.07) is 12.6. The molecule has 0 bridgehead atoms. The van der Waals surface area contributed by atoms with E-state index < -0.39 is 17.4 Å². The number of hydrogen-bond acceptors (Lipinski definition) is 7. The van der Waals surface area contributed by atoms with Gasteiger partial charge in [0.2, 0.25) is 11.8 Å². The summed E-state index contributed by atoms with van der Waals surface area (Å²) in [6.07, 6.45) is 5.19. The van der Waals surface area contributed by atoms with Crippen molar-refractivity contribution in [2.24, 2.45) is 5.92 Å². The summed E-state index contributed by atoms with van der Waals surface area (Å²) in [4.78, 5) is 44.2. The van der Waals surface area contributed by atoms with Gasteiger partial charge in [-0.2, -0.15) is 0 Å². The van der Waals surface area contributed by atoms with Gasteiger partial charge in [-0.15, -0.1) is 0 Å².